The van der Waals surface area contributed by atoms with Gasteiger partial charge in [-0.3, -0.25) is 10.1 Å². The Labute approximate surface area is 178 Å². The first-order chi connectivity index (χ1) is 13.9. The molecule has 3 rings (SSSR count). The summed E-state index contributed by atoms with van der Waals surface area (Å²) in [6, 6.07) is 13.8. The molecule has 152 valence electrons. The van der Waals surface area contributed by atoms with Gasteiger partial charge >= 0.3 is 5.97 Å². The lowest BCUT2D eigenvalue weighted by molar-refractivity contribution is -0.384. The van der Waals surface area contributed by atoms with Gasteiger partial charge in [0.2, 0.25) is 0 Å². The zero-order valence-electron chi connectivity index (χ0n) is 16.0. The van der Waals surface area contributed by atoms with Crippen LogP contribution in [0.1, 0.15) is 11.1 Å². The van der Waals surface area contributed by atoms with Gasteiger partial charge in [-0.15, -0.1) is 0 Å². The highest BCUT2D eigenvalue weighted by Crippen LogP contribution is 2.38. The van der Waals surface area contributed by atoms with Crippen molar-refractivity contribution in [1.29, 1.82) is 0 Å². The van der Waals surface area contributed by atoms with Gasteiger partial charge in [-0.2, -0.15) is 0 Å². The first kappa shape index (κ1) is 21.1. The second-order valence-electron chi connectivity index (χ2n) is 6.61. The van der Waals surface area contributed by atoms with Gasteiger partial charge in [0, 0.05) is 30.9 Å². The number of thioether (sulfide) groups is 1. The molecule has 9 heteroatoms. The number of non-ortho nitro benzene ring substituents is 1. The number of carbonyl (C=O) groups is 1. The van der Waals surface area contributed by atoms with Gasteiger partial charge < -0.3 is 14.4 Å². The van der Waals surface area contributed by atoms with E-state index in [1.807, 2.05) is 29.2 Å². The van der Waals surface area contributed by atoms with Crippen LogP contribution in [0.25, 0.3) is 0 Å². The standard InChI is InChI=1S/C20H20N2O5S2/c1-26-17-9-5-15(6-10-17)12-21-19(28)29-13-20(21,18(23)27-2)11-14-3-7-16(8-4-14)22(24)25/h3-10H,11-13H2,1-2H3. The predicted molar refractivity (Wildman–Crippen MR) is 115 cm³/mol. The van der Waals surface area contributed by atoms with Crippen molar-refractivity contribution in [2.75, 3.05) is 20.0 Å². The zero-order valence-corrected chi connectivity index (χ0v) is 17.6. The van der Waals surface area contributed by atoms with Crippen LogP contribution >= 0.6 is 24.0 Å². The molecule has 0 radical (unpaired) electrons. The van der Waals surface area contributed by atoms with Crippen LogP contribution in [0.5, 0.6) is 5.75 Å². The zero-order chi connectivity index (χ0) is 21.0. The lowest BCUT2D eigenvalue weighted by Gasteiger charge is -2.36. The number of nitro groups is 1. The number of nitrogens with zero attached hydrogens (tertiary/aromatic N) is 2. The maximum absolute atomic E-state index is 12.9. The van der Waals surface area contributed by atoms with E-state index < -0.39 is 10.5 Å². The van der Waals surface area contributed by atoms with Gasteiger partial charge in [-0.05, 0) is 23.3 Å². The molecule has 2 aromatic rings. The van der Waals surface area contributed by atoms with Crippen molar-refractivity contribution in [3.05, 3.63) is 69.8 Å². The molecule has 0 N–H and O–H groups in total. The third kappa shape index (κ3) is 4.35. The number of thiocarbonyl (C=S) groups is 1. The number of ether oxygens (including phenoxy) is 2. The number of methoxy groups -OCH3 is 2. The van der Waals surface area contributed by atoms with Crippen LogP contribution in [0, 0.1) is 10.1 Å². The number of hydrogen-bond donors (Lipinski definition) is 0. The second-order valence-corrected chi connectivity index (χ2v) is 8.22. The average molecular weight is 433 g/mol. The third-order valence-electron chi connectivity index (χ3n) is 4.88. The summed E-state index contributed by atoms with van der Waals surface area (Å²) in [4.78, 5) is 25.3. The number of benzene rings is 2. The molecular formula is C20H20N2O5S2. The first-order valence-electron chi connectivity index (χ1n) is 8.78. The van der Waals surface area contributed by atoms with Crippen LogP contribution in [0.15, 0.2) is 48.5 Å². The molecule has 1 saturated heterocycles. The Kier molecular flexibility index (Phi) is 6.39. The van der Waals surface area contributed by atoms with E-state index in [2.05, 4.69) is 0 Å². The van der Waals surface area contributed by atoms with Crippen molar-refractivity contribution in [1.82, 2.24) is 4.90 Å². The van der Waals surface area contributed by atoms with Crippen molar-refractivity contribution >= 4 is 40.0 Å². The largest absolute Gasteiger partial charge is 0.497 e. The number of carbonyl (C=O) groups excluding carboxylic acids is 1. The Hall–Kier alpha value is -2.65. The molecule has 1 atom stereocenters. The molecule has 0 aliphatic carbocycles. The monoisotopic (exact) mass is 432 g/mol. The second kappa shape index (κ2) is 8.79. The lowest BCUT2D eigenvalue weighted by Crippen LogP contribution is -2.55. The Morgan fingerprint density at radius 3 is 2.34 bits per heavy atom. The molecule has 1 aliphatic rings. The van der Waals surface area contributed by atoms with E-state index in [9.17, 15) is 14.9 Å². The molecule has 1 unspecified atom stereocenters. The normalized spacial score (nSPS) is 18.6. The van der Waals surface area contributed by atoms with E-state index in [1.54, 1.807) is 19.2 Å². The first-order valence-corrected chi connectivity index (χ1v) is 10.2. The van der Waals surface area contributed by atoms with Crippen molar-refractivity contribution < 1.29 is 19.2 Å². The maximum atomic E-state index is 12.9. The Bertz CT molecular complexity index is 917. The van der Waals surface area contributed by atoms with E-state index in [0.29, 0.717) is 23.0 Å². The van der Waals surface area contributed by atoms with Gasteiger partial charge in [-0.25, -0.2) is 4.79 Å². The van der Waals surface area contributed by atoms with E-state index in [-0.39, 0.29) is 11.7 Å². The fraction of sp³-hybridized carbons (Fsp3) is 0.300. The summed E-state index contributed by atoms with van der Waals surface area (Å²) in [6.45, 7) is 0.442. The van der Waals surface area contributed by atoms with Gasteiger partial charge in [0.15, 0.2) is 5.54 Å². The summed E-state index contributed by atoms with van der Waals surface area (Å²) in [5, 5.41) is 10.9. The Morgan fingerprint density at radius 1 is 1.17 bits per heavy atom. The van der Waals surface area contributed by atoms with Crippen LogP contribution < -0.4 is 4.74 Å². The highest BCUT2D eigenvalue weighted by Gasteiger charge is 2.51. The smallest absolute Gasteiger partial charge is 0.332 e. The summed E-state index contributed by atoms with van der Waals surface area (Å²) >= 11 is 6.98. The SMILES string of the molecule is COC(=O)C1(Cc2ccc([N+](=O)[O-])cc2)CSC(=S)N1Cc1ccc(OC)cc1. The van der Waals surface area contributed by atoms with E-state index in [1.165, 1.54) is 31.0 Å². The minimum atomic E-state index is -0.980. The molecule has 2 aromatic carbocycles. The molecule has 0 aromatic heterocycles. The molecule has 1 heterocycles. The molecule has 0 bridgehead atoms. The highest BCUT2D eigenvalue weighted by atomic mass is 32.2. The van der Waals surface area contributed by atoms with Crippen LogP contribution in [-0.2, 0) is 22.5 Å². The van der Waals surface area contributed by atoms with Crippen molar-refractivity contribution in [2.45, 2.75) is 18.5 Å². The number of rotatable bonds is 7. The number of hydrogen-bond acceptors (Lipinski definition) is 7. The third-order valence-corrected chi connectivity index (χ3v) is 6.54. The molecular weight excluding hydrogens is 412 g/mol. The van der Waals surface area contributed by atoms with E-state index >= 15 is 0 Å². The average Bonchev–Trinajstić information content (AvgIpc) is 3.04. The van der Waals surface area contributed by atoms with E-state index in [0.717, 1.165) is 16.9 Å². The van der Waals surface area contributed by atoms with Crippen LogP contribution in [-0.4, -0.2) is 45.6 Å². The molecule has 1 aliphatic heterocycles. The van der Waals surface area contributed by atoms with Crippen molar-refractivity contribution in [3.63, 3.8) is 0 Å². The fourth-order valence-electron chi connectivity index (χ4n) is 3.29. The molecule has 0 saturated carbocycles. The quantitative estimate of drug-likeness (QED) is 0.284. The van der Waals surface area contributed by atoms with Crippen LogP contribution in [0.4, 0.5) is 5.69 Å². The van der Waals surface area contributed by atoms with Gasteiger partial charge in [-0.1, -0.05) is 48.2 Å². The summed E-state index contributed by atoms with van der Waals surface area (Å²) in [7, 11) is 2.96. The minimum Gasteiger partial charge on any atom is -0.497 e. The minimum absolute atomic E-state index is 0.00674. The Morgan fingerprint density at radius 2 is 1.79 bits per heavy atom. The van der Waals surface area contributed by atoms with Crippen LogP contribution in [0.3, 0.4) is 0 Å². The van der Waals surface area contributed by atoms with Gasteiger partial charge in [0.25, 0.3) is 5.69 Å². The van der Waals surface area contributed by atoms with Gasteiger partial charge in [0.05, 0.1) is 19.1 Å². The predicted octanol–water partition coefficient (Wildman–Crippen LogP) is 3.59. The van der Waals surface area contributed by atoms with Crippen molar-refractivity contribution in [2.24, 2.45) is 0 Å². The molecule has 0 spiro atoms. The fourth-order valence-corrected chi connectivity index (χ4v) is 4.84. The molecule has 29 heavy (non-hydrogen) atoms. The number of esters is 1. The molecule has 0 amide bonds. The van der Waals surface area contributed by atoms with Gasteiger partial charge in [0.1, 0.15) is 10.1 Å². The molecule has 7 nitrogen and oxygen atoms in total. The summed E-state index contributed by atoms with van der Waals surface area (Å²) in [6.07, 6.45) is 0.334. The summed E-state index contributed by atoms with van der Waals surface area (Å²) in [5.41, 5.74) is 0.804. The highest BCUT2D eigenvalue weighted by molar-refractivity contribution is 8.23. The Balaban J connectivity index is 1.92. The lowest BCUT2D eigenvalue weighted by atomic mass is 9.90. The topological polar surface area (TPSA) is 81.9 Å². The summed E-state index contributed by atoms with van der Waals surface area (Å²) < 4.78 is 11.0. The van der Waals surface area contributed by atoms with Crippen LogP contribution in [0.2, 0.25) is 0 Å². The summed E-state index contributed by atoms with van der Waals surface area (Å²) in [5.74, 6) is 0.819. The molecule has 1 fully saturated rings. The van der Waals surface area contributed by atoms with Crippen molar-refractivity contribution in [3.8, 4) is 5.75 Å². The maximum Gasteiger partial charge on any atom is 0.332 e. The van der Waals surface area contributed by atoms with E-state index in [4.69, 9.17) is 21.7 Å². The number of nitro benzene ring substituents is 1.